The summed E-state index contributed by atoms with van der Waals surface area (Å²) in [4.78, 5) is 15.6. The van der Waals surface area contributed by atoms with Crippen LogP contribution in [-0.4, -0.2) is 25.3 Å². The summed E-state index contributed by atoms with van der Waals surface area (Å²) in [5.74, 6) is -0.683. The maximum absolute atomic E-state index is 14.5. The molecule has 2 amide bonds. The number of carbonyl (C=O) groups is 1. The van der Waals surface area contributed by atoms with E-state index in [4.69, 9.17) is 5.10 Å². The lowest BCUT2D eigenvalue weighted by atomic mass is 10.0. The maximum atomic E-state index is 14.5. The van der Waals surface area contributed by atoms with Crippen molar-refractivity contribution in [1.29, 1.82) is 0 Å². The fourth-order valence-corrected chi connectivity index (χ4v) is 5.11. The summed E-state index contributed by atoms with van der Waals surface area (Å²) in [6.45, 7) is 2.27. The van der Waals surface area contributed by atoms with Crippen LogP contribution in [0.5, 0.6) is 0 Å². The highest BCUT2D eigenvalue weighted by atomic mass is 19.1. The standard InChI is InChI=1S/C30H25F2N5O/c1-2-25-23-19-36(30(38)33-26-16-15-21(31)18-24(26)32)28(20-10-5-3-6-11-20)27-14-9-17-35(27)29(23)37(34-25)22-12-7-4-8-13-22/h3-18,28H,2,19H2,1H3,(H,33,38). The Labute approximate surface area is 218 Å². The van der Waals surface area contributed by atoms with Crippen molar-refractivity contribution in [1.82, 2.24) is 19.2 Å². The monoisotopic (exact) mass is 509 g/mol. The Balaban J connectivity index is 1.54. The van der Waals surface area contributed by atoms with Gasteiger partial charge in [0, 0.05) is 17.8 Å². The molecule has 5 aromatic rings. The fourth-order valence-electron chi connectivity index (χ4n) is 5.11. The molecule has 1 unspecified atom stereocenters. The zero-order valence-electron chi connectivity index (χ0n) is 20.7. The van der Waals surface area contributed by atoms with E-state index >= 15 is 0 Å². The second kappa shape index (κ2) is 9.63. The molecule has 1 N–H and O–H groups in total. The fraction of sp³-hybridized carbons (Fsp3) is 0.133. The molecule has 0 fully saturated rings. The van der Waals surface area contributed by atoms with Gasteiger partial charge in [0.15, 0.2) is 0 Å². The molecule has 6 rings (SSSR count). The largest absolute Gasteiger partial charge is 0.323 e. The van der Waals surface area contributed by atoms with Crippen LogP contribution in [0, 0.1) is 11.6 Å². The van der Waals surface area contributed by atoms with E-state index in [1.54, 1.807) is 4.90 Å². The number of para-hydroxylation sites is 1. The third kappa shape index (κ3) is 4.04. The molecule has 8 heteroatoms. The number of amides is 2. The van der Waals surface area contributed by atoms with Crippen molar-refractivity contribution in [3.05, 3.63) is 131 Å². The predicted octanol–water partition coefficient (Wildman–Crippen LogP) is 6.64. The van der Waals surface area contributed by atoms with E-state index in [-0.39, 0.29) is 12.2 Å². The van der Waals surface area contributed by atoms with E-state index < -0.39 is 23.7 Å². The normalized spacial score (nSPS) is 14.5. The van der Waals surface area contributed by atoms with E-state index in [9.17, 15) is 13.6 Å². The maximum Gasteiger partial charge on any atom is 0.323 e. The summed E-state index contributed by atoms with van der Waals surface area (Å²) in [6.07, 6.45) is 2.64. The van der Waals surface area contributed by atoms with Crippen molar-refractivity contribution in [2.45, 2.75) is 25.9 Å². The van der Waals surface area contributed by atoms with Gasteiger partial charge in [0.25, 0.3) is 0 Å². The number of nitrogens with one attached hydrogen (secondary N) is 1. The zero-order chi connectivity index (χ0) is 26.2. The van der Waals surface area contributed by atoms with Gasteiger partial charge < -0.3 is 14.8 Å². The minimum absolute atomic E-state index is 0.0845. The number of nitrogens with zero attached hydrogens (tertiary/aromatic N) is 4. The van der Waals surface area contributed by atoms with Crippen LogP contribution in [-0.2, 0) is 13.0 Å². The Kier molecular flexibility index (Phi) is 5.99. The lowest BCUT2D eigenvalue weighted by molar-refractivity contribution is 0.194. The Bertz CT molecular complexity index is 1610. The molecule has 3 heterocycles. The number of hydrogen-bond donors (Lipinski definition) is 1. The van der Waals surface area contributed by atoms with Crippen molar-refractivity contribution in [3.63, 3.8) is 0 Å². The van der Waals surface area contributed by atoms with Crippen molar-refractivity contribution in [2.24, 2.45) is 0 Å². The lowest BCUT2D eigenvalue weighted by Crippen LogP contribution is -2.38. The second-order valence-electron chi connectivity index (χ2n) is 9.15. The number of urea groups is 1. The quantitative estimate of drug-likeness (QED) is 0.295. The number of rotatable bonds is 4. The molecule has 1 atom stereocenters. The molecule has 0 bridgehead atoms. The van der Waals surface area contributed by atoms with Gasteiger partial charge in [-0.05, 0) is 48.4 Å². The van der Waals surface area contributed by atoms with Gasteiger partial charge in [-0.15, -0.1) is 0 Å². The van der Waals surface area contributed by atoms with Crippen molar-refractivity contribution in [2.75, 3.05) is 5.32 Å². The summed E-state index contributed by atoms with van der Waals surface area (Å²) in [6, 6.07) is 25.7. The zero-order valence-corrected chi connectivity index (χ0v) is 20.7. The molecule has 190 valence electrons. The second-order valence-corrected chi connectivity index (χ2v) is 9.15. The molecule has 0 saturated heterocycles. The molecule has 6 nitrogen and oxygen atoms in total. The lowest BCUT2D eigenvalue weighted by Gasteiger charge is -2.31. The highest BCUT2D eigenvalue weighted by molar-refractivity contribution is 5.90. The number of carbonyl (C=O) groups excluding carboxylic acids is 1. The van der Waals surface area contributed by atoms with Crippen LogP contribution in [0.4, 0.5) is 19.3 Å². The van der Waals surface area contributed by atoms with Crippen LogP contribution in [0.1, 0.15) is 35.5 Å². The molecular weight excluding hydrogens is 484 g/mol. The summed E-state index contributed by atoms with van der Waals surface area (Å²) in [5.41, 5.74) is 4.36. The van der Waals surface area contributed by atoms with E-state index in [0.717, 1.165) is 46.2 Å². The molecular formula is C30H25F2N5O. The average molecular weight is 510 g/mol. The highest BCUT2D eigenvalue weighted by Crippen LogP contribution is 2.39. The van der Waals surface area contributed by atoms with Gasteiger partial charge in [0.05, 0.1) is 35.3 Å². The van der Waals surface area contributed by atoms with E-state index in [2.05, 4.69) is 9.88 Å². The Morgan fingerprint density at radius 3 is 2.42 bits per heavy atom. The average Bonchev–Trinajstić information content (AvgIpc) is 3.52. The molecule has 3 aromatic carbocycles. The molecule has 1 aliphatic heterocycles. The van der Waals surface area contributed by atoms with Gasteiger partial charge in [-0.25, -0.2) is 18.3 Å². The smallest absolute Gasteiger partial charge is 0.307 e. The van der Waals surface area contributed by atoms with Gasteiger partial charge in [0.2, 0.25) is 0 Å². The summed E-state index contributed by atoms with van der Waals surface area (Å²) in [5, 5.41) is 7.61. The first-order chi connectivity index (χ1) is 18.5. The van der Waals surface area contributed by atoms with Gasteiger partial charge in [-0.1, -0.05) is 55.5 Å². The predicted molar refractivity (Wildman–Crippen MR) is 141 cm³/mol. The van der Waals surface area contributed by atoms with Gasteiger partial charge >= 0.3 is 6.03 Å². The summed E-state index contributed by atoms with van der Waals surface area (Å²) < 4.78 is 32.0. The SMILES string of the molecule is CCc1nn(-c2ccccc2)c2c1CN(C(=O)Nc1ccc(F)cc1F)C(c1ccccc1)c1cccn1-2. The minimum Gasteiger partial charge on any atom is -0.307 e. The Hall–Kier alpha value is -4.72. The van der Waals surface area contributed by atoms with Crippen LogP contribution in [0.2, 0.25) is 0 Å². The molecule has 0 spiro atoms. The first-order valence-electron chi connectivity index (χ1n) is 12.5. The van der Waals surface area contributed by atoms with Crippen LogP contribution < -0.4 is 5.32 Å². The molecule has 1 aliphatic rings. The molecule has 0 saturated carbocycles. The third-order valence-corrected chi connectivity index (χ3v) is 6.85. The molecule has 38 heavy (non-hydrogen) atoms. The third-order valence-electron chi connectivity index (χ3n) is 6.85. The number of halogens is 2. The summed E-state index contributed by atoms with van der Waals surface area (Å²) in [7, 11) is 0. The summed E-state index contributed by atoms with van der Waals surface area (Å²) >= 11 is 0. The van der Waals surface area contributed by atoms with Gasteiger partial charge in [-0.3, -0.25) is 0 Å². The van der Waals surface area contributed by atoms with E-state index in [1.807, 2.05) is 90.6 Å². The highest BCUT2D eigenvalue weighted by Gasteiger charge is 2.36. The van der Waals surface area contributed by atoms with Crippen LogP contribution in [0.25, 0.3) is 11.5 Å². The van der Waals surface area contributed by atoms with Crippen molar-refractivity contribution >= 4 is 11.7 Å². The van der Waals surface area contributed by atoms with E-state index in [0.29, 0.717) is 6.42 Å². The number of anilines is 1. The number of benzene rings is 3. The first kappa shape index (κ1) is 23.7. The Morgan fingerprint density at radius 1 is 0.974 bits per heavy atom. The Morgan fingerprint density at radius 2 is 1.71 bits per heavy atom. The van der Waals surface area contributed by atoms with Gasteiger partial charge in [-0.2, -0.15) is 5.10 Å². The number of fused-ring (bicyclic) bond motifs is 3. The molecule has 0 aliphatic carbocycles. The molecule has 0 radical (unpaired) electrons. The van der Waals surface area contributed by atoms with Gasteiger partial charge in [0.1, 0.15) is 17.5 Å². The first-order valence-corrected chi connectivity index (χ1v) is 12.5. The number of hydrogen-bond acceptors (Lipinski definition) is 2. The number of aromatic nitrogens is 3. The van der Waals surface area contributed by atoms with Crippen molar-refractivity contribution in [3.8, 4) is 11.5 Å². The van der Waals surface area contributed by atoms with Crippen LogP contribution in [0.15, 0.2) is 97.2 Å². The molecule has 2 aromatic heterocycles. The minimum atomic E-state index is -0.834. The topological polar surface area (TPSA) is 55.1 Å². The number of aryl methyl sites for hydroxylation is 1. The van der Waals surface area contributed by atoms with Crippen LogP contribution in [0.3, 0.4) is 0 Å². The van der Waals surface area contributed by atoms with Crippen LogP contribution >= 0.6 is 0 Å². The van der Waals surface area contributed by atoms with Crippen molar-refractivity contribution < 1.29 is 13.6 Å². The van der Waals surface area contributed by atoms with E-state index in [1.165, 1.54) is 6.07 Å².